The lowest BCUT2D eigenvalue weighted by atomic mass is 9.98. The van der Waals surface area contributed by atoms with Gasteiger partial charge in [-0.1, -0.05) is 6.07 Å². The number of hydrogen-bond donors (Lipinski definition) is 2. The first-order chi connectivity index (χ1) is 8.99. The Kier molecular flexibility index (Phi) is 3.76. The quantitative estimate of drug-likeness (QED) is 0.895. The van der Waals surface area contributed by atoms with E-state index < -0.39 is 17.7 Å². The second kappa shape index (κ2) is 5.32. The van der Waals surface area contributed by atoms with Crippen LogP contribution in [0.3, 0.4) is 0 Å². The van der Waals surface area contributed by atoms with Gasteiger partial charge in [0.15, 0.2) is 0 Å². The second-order valence-corrected chi connectivity index (χ2v) is 4.38. The summed E-state index contributed by atoms with van der Waals surface area (Å²) in [5.74, 6) is -1.11. The molecule has 1 aromatic heterocycles. The van der Waals surface area contributed by atoms with E-state index in [9.17, 15) is 13.9 Å². The number of aliphatic hydroxyl groups is 1. The molecule has 1 atom stereocenters. The molecule has 0 spiro atoms. The zero-order chi connectivity index (χ0) is 14.0. The largest absolute Gasteiger partial charge is 0.388 e. The molecule has 0 aliphatic carbocycles. The Hall–Kier alpha value is -2.01. The Morgan fingerprint density at radius 1 is 1.32 bits per heavy atom. The Morgan fingerprint density at radius 2 is 2.05 bits per heavy atom. The van der Waals surface area contributed by atoms with E-state index in [1.807, 2.05) is 0 Å². The Labute approximate surface area is 109 Å². The molecule has 19 heavy (non-hydrogen) atoms. The van der Waals surface area contributed by atoms with Crippen LogP contribution in [0, 0.1) is 18.6 Å². The van der Waals surface area contributed by atoms with E-state index in [2.05, 4.69) is 4.98 Å². The van der Waals surface area contributed by atoms with Gasteiger partial charge in [-0.25, -0.2) is 13.8 Å². The fraction of sp³-hybridized carbons (Fsp3) is 0.214. The molecule has 1 unspecified atom stereocenters. The van der Waals surface area contributed by atoms with Gasteiger partial charge >= 0.3 is 0 Å². The van der Waals surface area contributed by atoms with Crippen LogP contribution in [0.2, 0.25) is 0 Å². The first-order valence-corrected chi connectivity index (χ1v) is 5.82. The molecule has 0 saturated carbocycles. The summed E-state index contributed by atoms with van der Waals surface area (Å²) in [5, 5.41) is 10.1. The summed E-state index contributed by atoms with van der Waals surface area (Å²) in [6.45, 7) is 1.79. The summed E-state index contributed by atoms with van der Waals surface area (Å²) in [7, 11) is 0. The van der Waals surface area contributed by atoms with Crippen LogP contribution in [0.15, 0.2) is 30.5 Å². The van der Waals surface area contributed by atoms with Crippen LogP contribution in [-0.2, 0) is 6.42 Å². The predicted octanol–water partition coefficient (Wildman–Crippen LogP) is 2.53. The van der Waals surface area contributed by atoms with Gasteiger partial charge in [-0.2, -0.15) is 0 Å². The van der Waals surface area contributed by atoms with Crippen molar-refractivity contribution >= 4 is 5.82 Å². The van der Waals surface area contributed by atoms with Gasteiger partial charge in [0.2, 0.25) is 0 Å². The zero-order valence-corrected chi connectivity index (χ0v) is 10.4. The van der Waals surface area contributed by atoms with Crippen LogP contribution >= 0.6 is 0 Å². The molecule has 3 nitrogen and oxygen atoms in total. The number of nitrogen functional groups attached to an aromatic ring is 1. The minimum atomic E-state index is -0.978. The van der Waals surface area contributed by atoms with Crippen LogP contribution in [0.1, 0.15) is 22.8 Å². The highest BCUT2D eigenvalue weighted by atomic mass is 19.1. The number of rotatable bonds is 3. The maximum absolute atomic E-state index is 13.5. The molecule has 2 aromatic rings. The average molecular weight is 264 g/mol. The van der Waals surface area contributed by atoms with Gasteiger partial charge in [0.05, 0.1) is 6.10 Å². The molecule has 3 N–H and O–H groups in total. The molecule has 0 bridgehead atoms. The molecule has 2 rings (SSSR count). The van der Waals surface area contributed by atoms with Crippen molar-refractivity contribution in [3.8, 4) is 0 Å². The van der Waals surface area contributed by atoms with Crippen molar-refractivity contribution in [3.05, 3.63) is 58.8 Å². The highest BCUT2D eigenvalue weighted by Gasteiger charge is 2.17. The SMILES string of the molecule is Cc1ccnc(N)c1C(O)Cc1ccc(F)cc1F. The Bertz CT molecular complexity index is 582. The van der Waals surface area contributed by atoms with Crippen molar-refractivity contribution in [2.75, 3.05) is 5.73 Å². The van der Waals surface area contributed by atoms with Crippen molar-refractivity contribution < 1.29 is 13.9 Å². The minimum Gasteiger partial charge on any atom is -0.388 e. The summed E-state index contributed by atoms with van der Waals surface area (Å²) in [4.78, 5) is 3.90. The summed E-state index contributed by atoms with van der Waals surface area (Å²) < 4.78 is 26.3. The topological polar surface area (TPSA) is 59.1 Å². The summed E-state index contributed by atoms with van der Waals surface area (Å²) in [5.41, 5.74) is 7.20. The number of aryl methyl sites for hydroxylation is 1. The Balaban J connectivity index is 2.28. The van der Waals surface area contributed by atoms with E-state index in [-0.39, 0.29) is 17.8 Å². The highest BCUT2D eigenvalue weighted by molar-refractivity contribution is 5.45. The van der Waals surface area contributed by atoms with E-state index in [4.69, 9.17) is 5.73 Å². The standard InChI is InChI=1S/C14H14F2N2O/c1-8-4-5-18-14(17)13(8)12(19)6-9-2-3-10(15)7-11(9)16/h2-5,7,12,19H,6H2,1H3,(H2,17,18). The summed E-state index contributed by atoms with van der Waals surface area (Å²) >= 11 is 0. The number of aromatic nitrogens is 1. The third-order valence-corrected chi connectivity index (χ3v) is 3.00. The molecule has 1 aromatic carbocycles. The fourth-order valence-corrected chi connectivity index (χ4v) is 2.02. The lowest BCUT2D eigenvalue weighted by Gasteiger charge is -2.15. The summed E-state index contributed by atoms with van der Waals surface area (Å²) in [6.07, 6.45) is 0.580. The monoisotopic (exact) mass is 264 g/mol. The fourth-order valence-electron chi connectivity index (χ4n) is 2.02. The molecule has 5 heteroatoms. The van der Waals surface area contributed by atoms with Crippen molar-refractivity contribution in [2.24, 2.45) is 0 Å². The number of anilines is 1. The van der Waals surface area contributed by atoms with E-state index in [1.165, 1.54) is 6.07 Å². The number of nitrogens with two attached hydrogens (primary N) is 1. The molecular weight excluding hydrogens is 250 g/mol. The van der Waals surface area contributed by atoms with Crippen LogP contribution < -0.4 is 5.73 Å². The number of nitrogens with zero attached hydrogens (tertiary/aromatic N) is 1. The molecule has 0 aliphatic heterocycles. The van der Waals surface area contributed by atoms with E-state index in [0.717, 1.165) is 17.7 Å². The lowest BCUT2D eigenvalue weighted by molar-refractivity contribution is 0.177. The van der Waals surface area contributed by atoms with Gasteiger partial charge in [-0.05, 0) is 30.2 Å². The number of pyridine rings is 1. The molecule has 0 radical (unpaired) electrons. The number of halogens is 2. The third-order valence-electron chi connectivity index (χ3n) is 3.00. The van der Waals surface area contributed by atoms with Crippen LogP contribution in [0.5, 0.6) is 0 Å². The number of aliphatic hydroxyl groups excluding tert-OH is 1. The smallest absolute Gasteiger partial charge is 0.129 e. The Morgan fingerprint density at radius 3 is 2.68 bits per heavy atom. The van der Waals surface area contributed by atoms with Gasteiger partial charge < -0.3 is 10.8 Å². The number of hydrogen-bond acceptors (Lipinski definition) is 3. The summed E-state index contributed by atoms with van der Waals surface area (Å²) in [6, 6.07) is 4.98. The van der Waals surface area contributed by atoms with Gasteiger partial charge in [0, 0.05) is 24.2 Å². The van der Waals surface area contributed by atoms with Crippen molar-refractivity contribution in [1.82, 2.24) is 4.98 Å². The minimum absolute atomic E-state index is 0.0167. The first kappa shape index (κ1) is 13.4. The van der Waals surface area contributed by atoms with Gasteiger partial charge in [-0.3, -0.25) is 0 Å². The van der Waals surface area contributed by atoms with Crippen LogP contribution in [-0.4, -0.2) is 10.1 Å². The maximum Gasteiger partial charge on any atom is 0.129 e. The molecule has 0 saturated heterocycles. The van der Waals surface area contributed by atoms with E-state index >= 15 is 0 Å². The van der Waals surface area contributed by atoms with Crippen molar-refractivity contribution in [2.45, 2.75) is 19.4 Å². The van der Waals surface area contributed by atoms with E-state index in [0.29, 0.717) is 5.56 Å². The molecule has 1 heterocycles. The molecule has 0 aliphatic rings. The normalized spacial score (nSPS) is 12.4. The van der Waals surface area contributed by atoms with Gasteiger partial charge in [0.25, 0.3) is 0 Å². The average Bonchev–Trinajstić information content (AvgIpc) is 2.32. The van der Waals surface area contributed by atoms with Crippen molar-refractivity contribution in [1.29, 1.82) is 0 Å². The van der Waals surface area contributed by atoms with Gasteiger partial charge in [0.1, 0.15) is 17.5 Å². The highest BCUT2D eigenvalue weighted by Crippen LogP contribution is 2.26. The predicted molar refractivity (Wildman–Crippen MR) is 68.4 cm³/mol. The molecular formula is C14H14F2N2O. The molecule has 0 amide bonds. The zero-order valence-electron chi connectivity index (χ0n) is 10.4. The molecule has 0 fully saturated rings. The number of benzene rings is 1. The second-order valence-electron chi connectivity index (χ2n) is 4.38. The van der Waals surface area contributed by atoms with Crippen molar-refractivity contribution in [3.63, 3.8) is 0 Å². The van der Waals surface area contributed by atoms with Gasteiger partial charge in [-0.15, -0.1) is 0 Å². The maximum atomic E-state index is 13.5. The lowest BCUT2D eigenvalue weighted by Crippen LogP contribution is -2.09. The van der Waals surface area contributed by atoms with Crippen LogP contribution in [0.25, 0.3) is 0 Å². The molecule has 100 valence electrons. The third kappa shape index (κ3) is 2.88. The first-order valence-electron chi connectivity index (χ1n) is 5.82. The van der Waals surface area contributed by atoms with E-state index in [1.54, 1.807) is 19.2 Å². The van der Waals surface area contributed by atoms with Crippen LogP contribution in [0.4, 0.5) is 14.6 Å².